The standard InChI is InChI=1S/C15H18N4O3S/c16-11(6-9-4-2-1-3-5-9)13(20)19-12(14(21)22)7-10-8-23-15(17)18-10/h1-5,8,11-12H,6-7,16H2,(H2,17,18)(H,19,20)(H,21,22)/t11-,12-/m0/s1. The van der Waals surface area contributed by atoms with E-state index in [-0.39, 0.29) is 6.42 Å². The maximum absolute atomic E-state index is 12.1. The molecular weight excluding hydrogens is 316 g/mol. The molecule has 1 amide bonds. The number of carboxylic acid groups (broad SMARTS) is 1. The number of carbonyl (C=O) groups is 2. The van der Waals surface area contributed by atoms with E-state index in [9.17, 15) is 14.7 Å². The van der Waals surface area contributed by atoms with Gasteiger partial charge in [0.05, 0.1) is 11.7 Å². The average molecular weight is 334 g/mol. The highest BCUT2D eigenvalue weighted by atomic mass is 32.1. The highest BCUT2D eigenvalue weighted by Gasteiger charge is 2.24. The first-order chi connectivity index (χ1) is 11.0. The Morgan fingerprint density at radius 1 is 1.26 bits per heavy atom. The van der Waals surface area contributed by atoms with Crippen LogP contribution < -0.4 is 16.8 Å². The molecule has 0 fully saturated rings. The fraction of sp³-hybridized carbons (Fsp3) is 0.267. The average Bonchev–Trinajstić information content (AvgIpc) is 2.92. The molecule has 0 spiro atoms. The van der Waals surface area contributed by atoms with Crippen LogP contribution in [0.5, 0.6) is 0 Å². The number of nitrogens with zero attached hydrogens (tertiary/aromatic N) is 1. The molecule has 1 aromatic heterocycles. The fourth-order valence-corrected chi connectivity index (χ4v) is 2.64. The van der Waals surface area contributed by atoms with Gasteiger partial charge in [0.2, 0.25) is 5.91 Å². The number of hydrogen-bond donors (Lipinski definition) is 4. The van der Waals surface area contributed by atoms with Gasteiger partial charge in [-0.3, -0.25) is 4.79 Å². The third-order valence-corrected chi connectivity index (χ3v) is 3.96. The van der Waals surface area contributed by atoms with Crippen LogP contribution >= 0.6 is 11.3 Å². The van der Waals surface area contributed by atoms with Gasteiger partial charge in [-0.25, -0.2) is 9.78 Å². The highest BCUT2D eigenvalue weighted by molar-refractivity contribution is 7.13. The number of nitrogens with one attached hydrogen (secondary N) is 1. The lowest BCUT2D eigenvalue weighted by atomic mass is 10.1. The molecule has 0 saturated heterocycles. The monoisotopic (exact) mass is 334 g/mol. The van der Waals surface area contributed by atoms with Crippen molar-refractivity contribution in [2.24, 2.45) is 5.73 Å². The molecule has 0 unspecified atom stereocenters. The first kappa shape index (κ1) is 16.9. The summed E-state index contributed by atoms with van der Waals surface area (Å²) in [6, 6.07) is 7.39. The van der Waals surface area contributed by atoms with E-state index in [2.05, 4.69) is 10.3 Å². The molecule has 0 bridgehead atoms. The minimum Gasteiger partial charge on any atom is -0.480 e. The lowest BCUT2D eigenvalue weighted by Gasteiger charge is -2.17. The fourth-order valence-electron chi connectivity index (χ4n) is 2.07. The van der Waals surface area contributed by atoms with E-state index in [0.29, 0.717) is 17.2 Å². The van der Waals surface area contributed by atoms with E-state index in [4.69, 9.17) is 11.5 Å². The third kappa shape index (κ3) is 5.04. The van der Waals surface area contributed by atoms with Crippen LogP contribution in [0.2, 0.25) is 0 Å². The predicted molar refractivity (Wildman–Crippen MR) is 87.9 cm³/mol. The quantitative estimate of drug-likeness (QED) is 0.580. The molecule has 0 saturated carbocycles. The number of nitrogens with two attached hydrogens (primary N) is 2. The van der Waals surface area contributed by atoms with Gasteiger partial charge in [-0.2, -0.15) is 0 Å². The molecule has 0 aliphatic heterocycles. The minimum absolute atomic E-state index is 0.0623. The van der Waals surface area contributed by atoms with E-state index < -0.39 is 24.0 Å². The van der Waals surface area contributed by atoms with E-state index in [1.165, 1.54) is 11.3 Å². The minimum atomic E-state index is -1.14. The number of benzene rings is 1. The number of aliphatic carboxylic acids is 1. The second-order valence-corrected chi connectivity index (χ2v) is 5.97. The Morgan fingerprint density at radius 3 is 2.52 bits per heavy atom. The maximum atomic E-state index is 12.1. The van der Waals surface area contributed by atoms with Crippen molar-refractivity contribution in [2.75, 3.05) is 5.73 Å². The van der Waals surface area contributed by atoms with Crippen molar-refractivity contribution in [3.05, 3.63) is 47.0 Å². The first-order valence-corrected chi connectivity index (χ1v) is 7.86. The molecule has 23 heavy (non-hydrogen) atoms. The van der Waals surface area contributed by atoms with Crippen LogP contribution in [-0.2, 0) is 22.4 Å². The summed E-state index contributed by atoms with van der Waals surface area (Å²) >= 11 is 1.22. The summed E-state index contributed by atoms with van der Waals surface area (Å²) in [5.41, 5.74) is 12.8. The summed E-state index contributed by atoms with van der Waals surface area (Å²) in [4.78, 5) is 27.4. The Balaban J connectivity index is 1.95. The molecule has 2 rings (SSSR count). The molecule has 0 aliphatic rings. The maximum Gasteiger partial charge on any atom is 0.326 e. The topological polar surface area (TPSA) is 131 Å². The highest BCUT2D eigenvalue weighted by Crippen LogP contribution is 2.13. The number of thiazole rings is 1. The van der Waals surface area contributed by atoms with Crippen molar-refractivity contribution in [2.45, 2.75) is 24.9 Å². The molecule has 0 radical (unpaired) electrons. The molecule has 6 N–H and O–H groups in total. The summed E-state index contributed by atoms with van der Waals surface area (Å²) in [5.74, 6) is -1.65. The van der Waals surface area contributed by atoms with Gasteiger partial charge < -0.3 is 21.9 Å². The Kier molecular flexibility index (Phi) is 5.67. The van der Waals surface area contributed by atoms with Gasteiger partial charge in [-0.15, -0.1) is 11.3 Å². The SMILES string of the molecule is Nc1nc(C[C@H](NC(=O)[C@@H](N)Cc2ccccc2)C(=O)O)cs1. The van der Waals surface area contributed by atoms with Crippen molar-refractivity contribution >= 4 is 28.3 Å². The van der Waals surface area contributed by atoms with Gasteiger partial charge in [0.1, 0.15) is 6.04 Å². The lowest BCUT2D eigenvalue weighted by Crippen LogP contribution is -2.50. The molecule has 0 aliphatic carbocycles. The second-order valence-electron chi connectivity index (χ2n) is 5.08. The summed E-state index contributed by atoms with van der Waals surface area (Å²) in [6.07, 6.45) is 0.398. The first-order valence-electron chi connectivity index (χ1n) is 6.98. The van der Waals surface area contributed by atoms with Gasteiger partial charge in [-0.05, 0) is 12.0 Å². The van der Waals surface area contributed by atoms with E-state index in [1.54, 1.807) is 5.38 Å². The summed E-state index contributed by atoms with van der Waals surface area (Å²) in [7, 11) is 0. The van der Waals surface area contributed by atoms with Crippen LogP contribution in [0.25, 0.3) is 0 Å². The number of amides is 1. The largest absolute Gasteiger partial charge is 0.480 e. The number of rotatable bonds is 7. The molecule has 7 nitrogen and oxygen atoms in total. The summed E-state index contributed by atoms with van der Waals surface area (Å²) in [6.45, 7) is 0. The Bertz CT molecular complexity index is 674. The van der Waals surface area contributed by atoms with Crippen LogP contribution in [0, 0.1) is 0 Å². The zero-order chi connectivity index (χ0) is 16.8. The Hall–Kier alpha value is -2.45. The van der Waals surface area contributed by atoms with Gasteiger partial charge in [0.15, 0.2) is 5.13 Å². The zero-order valence-electron chi connectivity index (χ0n) is 12.3. The van der Waals surface area contributed by atoms with Gasteiger partial charge in [-0.1, -0.05) is 30.3 Å². The van der Waals surface area contributed by atoms with Crippen LogP contribution in [0.4, 0.5) is 5.13 Å². The van der Waals surface area contributed by atoms with E-state index >= 15 is 0 Å². The molecule has 122 valence electrons. The van der Waals surface area contributed by atoms with Gasteiger partial charge in [0, 0.05) is 11.8 Å². The summed E-state index contributed by atoms with van der Waals surface area (Å²) in [5, 5.41) is 13.7. The van der Waals surface area contributed by atoms with Crippen molar-refractivity contribution < 1.29 is 14.7 Å². The van der Waals surface area contributed by atoms with Crippen LogP contribution in [0.1, 0.15) is 11.3 Å². The third-order valence-electron chi connectivity index (χ3n) is 3.23. The summed E-state index contributed by atoms with van der Waals surface area (Å²) < 4.78 is 0. The normalized spacial score (nSPS) is 13.3. The number of aromatic nitrogens is 1. The number of nitrogen functional groups attached to an aromatic ring is 1. The van der Waals surface area contributed by atoms with Crippen molar-refractivity contribution in [1.29, 1.82) is 0 Å². The molecule has 2 aromatic rings. The van der Waals surface area contributed by atoms with E-state index in [0.717, 1.165) is 5.56 Å². The number of anilines is 1. The van der Waals surface area contributed by atoms with Gasteiger partial charge >= 0.3 is 5.97 Å². The molecule has 8 heteroatoms. The van der Waals surface area contributed by atoms with Gasteiger partial charge in [0.25, 0.3) is 0 Å². The Morgan fingerprint density at radius 2 is 1.96 bits per heavy atom. The molecule has 1 heterocycles. The van der Waals surface area contributed by atoms with Crippen molar-refractivity contribution in [1.82, 2.24) is 10.3 Å². The van der Waals surface area contributed by atoms with Crippen LogP contribution in [0.3, 0.4) is 0 Å². The van der Waals surface area contributed by atoms with Crippen molar-refractivity contribution in [3.8, 4) is 0 Å². The number of hydrogen-bond acceptors (Lipinski definition) is 6. The number of carboxylic acids is 1. The van der Waals surface area contributed by atoms with Crippen LogP contribution in [-0.4, -0.2) is 34.1 Å². The second kappa shape index (κ2) is 7.70. The Labute approximate surface area is 137 Å². The van der Waals surface area contributed by atoms with Crippen molar-refractivity contribution in [3.63, 3.8) is 0 Å². The zero-order valence-corrected chi connectivity index (χ0v) is 13.1. The predicted octanol–water partition coefficient (Wildman–Crippen LogP) is 0.407. The molecule has 2 atom stereocenters. The van der Waals surface area contributed by atoms with Crippen LogP contribution in [0.15, 0.2) is 35.7 Å². The van der Waals surface area contributed by atoms with E-state index in [1.807, 2.05) is 30.3 Å². The molecule has 1 aromatic carbocycles. The lowest BCUT2D eigenvalue weighted by molar-refractivity contribution is -0.142. The smallest absolute Gasteiger partial charge is 0.326 e. The molecular formula is C15H18N4O3S. The number of carbonyl (C=O) groups excluding carboxylic acids is 1.